The largest absolute Gasteiger partial charge is 0.508 e. The van der Waals surface area contributed by atoms with Crippen molar-refractivity contribution in [3.05, 3.63) is 23.8 Å². The molecule has 0 fully saturated rings. The van der Waals surface area contributed by atoms with Crippen molar-refractivity contribution >= 4 is 5.69 Å². The van der Waals surface area contributed by atoms with Gasteiger partial charge < -0.3 is 15.7 Å². The first kappa shape index (κ1) is 11.3. The van der Waals surface area contributed by atoms with E-state index < -0.39 is 0 Å². The van der Waals surface area contributed by atoms with E-state index in [-0.39, 0.29) is 6.04 Å². The first-order valence-corrected chi connectivity index (χ1v) is 5.86. The lowest BCUT2D eigenvalue weighted by Gasteiger charge is -2.25. The van der Waals surface area contributed by atoms with E-state index in [2.05, 4.69) is 18.7 Å². The first-order valence-electron chi connectivity index (χ1n) is 5.86. The Kier molecular flexibility index (Phi) is 2.80. The Morgan fingerprint density at radius 1 is 1.38 bits per heavy atom. The van der Waals surface area contributed by atoms with Gasteiger partial charge in [0.15, 0.2) is 0 Å². The van der Waals surface area contributed by atoms with Crippen LogP contribution in [0.5, 0.6) is 5.75 Å². The van der Waals surface area contributed by atoms with Crippen molar-refractivity contribution in [2.24, 2.45) is 5.73 Å². The molecule has 0 aliphatic carbocycles. The van der Waals surface area contributed by atoms with Crippen LogP contribution in [-0.4, -0.2) is 23.7 Å². The SMILES string of the molecule is CC(N)C1CN(C(C)C)c2ccc(O)cc21. The number of fused-ring (bicyclic) bond motifs is 1. The van der Waals surface area contributed by atoms with Crippen molar-refractivity contribution < 1.29 is 5.11 Å². The smallest absolute Gasteiger partial charge is 0.116 e. The summed E-state index contributed by atoms with van der Waals surface area (Å²) in [5.41, 5.74) is 8.42. The predicted molar refractivity (Wildman–Crippen MR) is 67.0 cm³/mol. The fourth-order valence-electron chi connectivity index (χ4n) is 2.45. The van der Waals surface area contributed by atoms with Crippen LogP contribution in [0.2, 0.25) is 0 Å². The molecule has 2 rings (SSSR count). The zero-order valence-corrected chi connectivity index (χ0v) is 10.1. The Morgan fingerprint density at radius 2 is 2.06 bits per heavy atom. The minimum atomic E-state index is 0.115. The van der Waals surface area contributed by atoms with Crippen LogP contribution in [0.1, 0.15) is 32.3 Å². The average Bonchev–Trinajstić information content (AvgIpc) is 2.56. The number of aromatic hydroxyl groups is 1. The lowest BCUT2D eigenvalue weighted by Crippen LogP contribution is -2.33. The maximum Gasteiger partial charge on any atom is 0.116 e. The van der Waals surface area contributed by atoms with Gasteiger partial charge in [0.25, 0.3) is 0 Å². The van der Waals surface area contributed by atoms with Crippen LogP contribution in [0, 0.1) is 0 Å². The summed E-state index contributed by atoms with van der Waals surface area (Å²) in [7, 11) is 0. The monoisotopic (exact) mass is 220 g/mol. The number of phenols is 1. The van der Waals surface area contributed by atoms with E-state index in [1.54, 1.807) is 6.07 Å². The molecular weight excluding hydrogens is 200 g/mol. The Bertz CT molecular complexity index is 388. The fraction of sp³-hybridized carbons (Fsp3) is 0.538. The molecule has 88 valence electrons. The molecule has 1 aliphatic heterocycles. The number of nitrogens with zero attached hydrogens (tertiary/aromatic N) is 1. The van der Waals surface area contributed by atoms with Gasteiger partial charge >= 0.3 is 0 Å². The summed E-state index contributed by atoms with van der Waals surface area (Å²) in [5.74, 6) is 0.652. The van der Waals surface area contributed by atoms with Crippen LogP contribution in [0.25, 0.3) is 0 Å². The molecule has 0 radical (unpaired) electrons. The van der Waals surface area contributed by atoms with Crippen molar-refractivity contribution in [2.45, 2.75) is 38.8 Å². The zero-order chi connectivity index (χ0) is 11.9. The van der Waals surface area contributed by atoms with Gasteiger partial charge in [-0.25, -0.2) is 0 Å². The van der Waals surface area contributed by atoms with E-state index in [4.69, 9.17) is 5.73 Å². The minimum Gasteiger partial charge on any atom is -0.508 e. The molecule has 0 bridgehead atoms. The molecule has 1 heterocycles. The third-order valence-electron chi connectivity index (χ3n) is 3.37. The second-order valence-electron chi connectivity index (χ2n) is 4.95. The number of anilines is 1. The van der Waals surface area contributed by atoms with Gasteiger partial charge in [-0.05, 0) is 44.5 Å². The van der Waals surface area contributed by atoms with Crippen LogP contribution >= 0.6 is 0 Å². The highest BCUT2D eigenvalue weighted by atomic mass is 16.3. The average molecular weight is 220 g/mol. The zero-order valence-electron chi connectivity index (χ0n) is 10.1. The van der Waals surface area contributed by atoms with Crippen molar-refractivity contribution in [1.29, 1.82) is 0 Å². The third-order valence-corrected chi connectivity index (χ3v) is 3.37. The van der Waals surface area contributed by atoms with Crippen molar-refractivity contribution in [3.8, 4) is 5.75 Å². The van der Waals surface area contributed by atoms with Crippen LogP contribution in [-0.2, 0) is 0 Å². The van der Waals surface area contributed by atoms with E-state index >= 15 is 0 Å². The first-order chi connectivity index (χ1) is 7.50. The summed E-state index contributed by atoms with van der Waals surface area (Å²) in [6, 6.07) is 6.17. The Hall–Kier alpha value is -1.22. The van der Waals surface area contributed by atoms with Crippen LogP contribution in [0.15, 0.2) is 18.2 Å². The quantitative estimate of drug-likeness (QED) is 0.802. The molecule has 16 heavy (non-hydrogen) atoms. The molecular formula is C13H20N2O. The molecule has 0 aromatic heterocycles. The molecule has 2 atom stereocenters. The summed E-state index contributed by atoms with van der Waals surface area (Å²) in [6.07, 6.45) is 0. The van der Waals surface area contributed by atoms with Gasteiger partial charge in [0.2, 0.25) is 0 Å². The molecule has 1 aromatic carbocycles. The molecule has 0 amide bonds. The molecule has 0 saturated heterocycles. The molecule has 1 aliphatic rings. The van der Waals surface area contributed by atoms with Crippen LogP contribution in [0.3, 0.4) is 0 Å². The Morgan fingerprint density at radius 3 is 2.62 bits per heavy atom. The van der Waals surface area contributed by atoms with Gasteiger partial charge in [-0.1, -0.05) is 0 Å². The van der Waals surface area contributed by atoms with Gasteiger partial charge in [0.1, 0.15) is 5.75 Å². The Labute approximate surface area is 96.9 Å². The fourth-order valence-corrected chi connectivity index (χ4v) is 2.45. The third kappa shape index (κ3) is 1.76. The molecule has 0 spiro atoms. The molecule has 2 unspecified atom stereocenters. The lowest BCUT2D eigenvalue weighted by molar-refractivity contribution is 0.473. The van der Waals surface area contributed by atoms with Crippen LogP contribution in [0.4, 0.5) is 5.69 Å². The van der Waals surface area contributed by atoms with E-state index in [0.717, 1.165) is 6.54 Å². The molecule has 0 saturated carbocycles. The van der Waals surface area contributed by atoms with E-state index in [9.17, 15) is 5.11 Å². The van der Waals surface area contributed by atoms with Crippen LogP contribution < -0.4 is 10.6 Å². The summed E-state index contributed by atoms with van der Waals surface area (Å²) < 4.78 is 0. The highest BCUT2D eigenvalue weighted by Gasteiger charge is 2.32. The second-order valence-corrected chi connectivity index (χ2v) is 4.95. The summed E-state index contributed by atoms with van der Waals surface area (Å²) in [5, 5.41) is 9.56. The van der Waals surface area contributed by atoms with Gasteiger partial charge in [-0.15, -0.1) is 0 Å². The van der Waals surface area contributed by atoms with E-state index in [1.807, 2.05) is 19.1 Å². The summed E-state index contributed by atoms with van der Waals surface area (Å²) >= 11 is 0. The highest BCUT2D eigenvalue weighted by molar-refractivity contribution is 5.63. The highest BCUT2D eigenvalue weighted by Crippen LogP contribution is 2.40. The van der Waals surface area contributed by atoms with E-state index in [0.29, 0.717) is 17.7 Å². The van der Waals surface area contributed by atoms with Crippen molar-refractivity contribution in [1.82, 2.24) is 0 Å². The minimum absolute atomic E-state index is 0.115. The van der Waals surface area contributed by atoms with E-state index in [1.165, 1.54) is 11.3 Å². The van der Waals surface area contributed by atoms with Crippen molar-refractivity contribution in [3.63, 3.8) is 0 Å². The number of benzene rings is 1. The summed E-state index contributed by atoms with van der Waals surface area (Å²) in [6.45, 7) is 7.34. The number of nitrogens with two attached hydrogens (primary N) is 1. The van der Waals surface area contributed by atoms with Gasteiger partial charge in [-0.3, -0.25) is 0 Å². The van der Waals surface area contributed by atoms with Gasteiger partial charge in [-0.2, -0.15) is 0 Å². The Balaban J connectivity index is 2.44. The van der Waals surface area contributed by atoms with Gasteiger partial charge in [0.05, 0.1) is 0 Å². The topological polar surface area (TPSA) is 49.5 Å². The maximum atomic E-state index is 9.56. The number of phenolic OH excluding ortho intramolecular Hbond substituents is 1. The molecule has 3 nitrogen and oxygen atoms in total. The number of rotatable bonds is 2. The molecule has 3 heteroatoms. The number of hydrogen-bond donors (Lipinski definition) is 2. The lowest BCUT2D eigenvalue weighted by atomic mass is 9.95. The van der Waals surface area contributed by atoms with Crippen molar-refractivity contribution in [2.75, 3.05) is 11.4 Å². The molecule has 1 aromatic rings. The standard InChI is InChI=1S/C13H20N2O/c1-8(2)15-7-12(9(3)14)11-6-10(16)4-5-13(11)15/h4-6,8-9,12,16H,7,14H2,1-3H3. The molecule has 3 N–H and O–H groups in total. The maximum absolute atomic E-state index is 9.56. The predicted octanol–water partition coefficient (Wildman–Crippen LogP) is 2.05. The normalized spacial score (nSPS) is 21.3. The number of hydrogen-bond acceptors (Lipinski definition) is 3. The van der Waals surface area contributed by atoms with Gasteiger partial charge in [0, 0.05) is 30.2 Å². The second kappa shape index (κ2) is 3.98. The summed E-state index contributed by atoms with van der Waals surface area (Å²) in [4.78, 5) is 2.35.